The topological polar surface area (TPSA) is 62.5 Å². The molecule has 0 aliphatic carbocycles. The lowest BCUT2D eigenvalue weighted by Gasteiger charge is -2.02. The average Bonchev–Trinajstić information content (AvgIpc) is 2.78. The highest BCUT2D eigenvalue weighted by Gasteiger charge is 1.98. The third kappa shape index (κ3) is 6.60. The summed E-state index contributed by atoms with van der Waals surface area (Å²) >= 11 is 0. The van der Waals surface area contributed by atoms with Crippen molar-refractivity contribution in [2.24, 2.45) is 4.99 Å². The predicted octanol–water partition coefficient (Wildman–Crippen LogP) is 5.11. The zero-order valence-corrected chi connectivity index (χ0v) is 15.9. The number of esters is 1. The molecule has 3 aromatic rings. The van der Waals surface area contributed by atoms with E-state index in [-0.39, 0.29) is 5.97 Å². The first-order valence-corrected chi connectivity index (χ1v) is 9.26. The van der Waals surface area contributed by atoms with E-state index in [1.807, 2.05) is 66.7 Å². The van der Waals surface area contributed by atoms with Gasteiger partial charge in [-0.1, -0.05) is 54.6 Å². The Balaban J connectivity index is 1.48. The van der Waals surface area contributed by atoms with Crippen LogP contribution in [0, 0.1) is 11.3 Å². The lowest BCUT2D eigenvalue weighted by Crippen LogP contribution is -2.04. The Hall–Kier alpha value is -3.97. The fourth-order valence-corrected chi connectivity index (χ4v) is 2.59. The normalized spacial score (nSPS) is 10.9. The second kappa shape index (κ2) is 10.4. The summed E-state index contributed by atoms with van der Waals surface area (Å²) in [5.74, 6) is -0.358. The summed E-state index contributed by atoms with van der Waals surface area (Å²) < 4.78 is 5.23. The second-order valence-corrected chi connectivity index (χ2v) is 6.32. The highest BCUT2D eigenvalue weighted by Crippen LogP contribution is 2.14. The highest BCUT2D eigenvalue weighted by molar-refractivity contribution is 5.87. The fraction of sp³-hybridized carbons (Fsp3) is 0.0800. The number of benzene rings is 3. The van der Waals surface area contributed by atoms with Gasteiger partial charge in [-0.25, -0.2) is 4.79 Å². The molecule has 4 nitrogen and oxygen atoms in total. The Morgan fingerprint density at radius 2 is 1.62 bits per heavy atom. The van der Waals surface area contributed by atoms with Crippen molar-refractivity contribution in [1.82, 2.24) is 0 Å². The fourth-order valence-electron chi connectivity index (χ4n) is 2.59. The minimum absolute atomic E-state index is 0.357. The van der Waals surface area contributed by atoms with Crippen LogP contribution in [0.4, 0.5) is 5.69 Å². The summed E-state index contributed by atoms with van der Waals surface area (Å²) in [6, 6.07) is 26.7. The van der Waals surface area contributed by atoms with Gasteiger partial charge < -0.3 is 4.74 Å². The van der Waals surface area contributed by atoms with Crippen molar-refractivity contribution in [2.75, 3.05) is 6.61 Å². The first kappa shape index (κ1) is 19.8. The van der Waals surface area contributed by atoms with Crippen LogP contribution in [0.2, 0.25) is 0 Å². The van der Waals surface area contributed by atoms with Gasteiger partial charge in [-0.05, 0) is 47.0 Å². The van der Waals surface area contributed by atoms with E-state index in [2.05, 4.69) is 11.1 Å². The summed E-state index contributed by atoms with van der Waals surface area (Å²) in [5, 5.41) is 8.81. The molecule has 0 saturated carbocycles. The molecule has 0 heterocycles. The number of hydrogen-bond donors (Lipinski definition) is 0. The maximum Gasteiger partial charge on any atom is 0.330 e. The molecule has 0 atom stereocenters. The second-order valence-electron chi connectivity index (χ2n) is 6.32. The van der Waals surface area contributed by atoms with Crippen molar-refractivity contribution in [3.05, 3.63) is 107 Å². The molecule has 3 rings (SSSR count). The molecule has 0 aliphatic rings. The summed E-state index contributed by atoms with van der Waals surface area (Å²) in [6.07, 6.45) is 5.60. The van der Waals surface area contributed by atoms with Crippen LogP contribution in [0.1, 0.15) is 22.3 Å². The van der Waals surface area contributed by atoms with Gasteiger partial charge in [0.05, 0.1) is 23.9 Å². The smallest absolute Gasteiger partial charge is 0.330 e. The van der Waals surface area contributed by atoms with Crippen molar-refractivity contribution < 1.29 is 9.53 Å². The minimum Gasteiger partial charge on any atom is -0.462 e. The third-order valence-corrected chi connectivity index (χ3v) is 4.19. The van der Waals surface area contributed by atoms with Crippen LogP contribution in [-0.2, 0) is 16.0 Å². The molecule has 0 spiro atoms. The van der Waals surface area contributed by atoms with E-state index in [1.54, 1.807) is 24.4 Å². The van der Waals surface area contributed by atoms with Gasteiger partial charge in [-0.15, -0.1) is 0 Å². The number of hydrogen-bond acceptors (Lipinski definition) is 4. The monoisotopic (exact) mass is 380 g/mol. The van der Waals surface area contributed by atoms with Crippen molar-refractivity contribution in [3.63, 3.8) is 0 Å². The summed E-state index contributed by atoms with van der Waals surface area (Å²) in [7, 11) is 0. The van der Waals surface area contributed by atoms with Gasteiger partial charge in [0.2, 0.25) is 0 Å². The van der Waals surface area contributed by atoms with Gasteiger partial charge in [0, 0.05) is 18.7 Å². The summed E-state index contributed by atoms with van der Waals surface area (Å²) in [5.41, 5.74) is 4.38. The number of aliphatic imine (C=N–C) groups is 1. The molecule has 0 unspecified atom stereocenters. The van der Waals surface area contributed by atoms with Crippen molar-refractivity contribution in [3.8, 4) is 6.07 Å². The Kier molecular flexibility index (Phi) is 7.08. The largest absolute Gasteiger partial charge is 0.462 e. The first-order valence-electron chi connectivity index (χ1n) is 9.26. The molecule has 0 fully saturated rings. The van der Waals surface area contributed by atoms with E-state index in [1.165, 1.54) is 6.08 Å². The third-order valence-electron chi connectivity index (χ3n) is 4.19. The molecule has 0 saturated heterocycles. The number of nitriles is 1. The van der Waals surface area contributed by atoms with E-state index < -0.39 is 0 Å². The van der Waals surface area contributed by atoms with Crippen LogP contribution in [-0.4, -0.2) is 18.8 Å². The van der Waals surface area contributed by atoms with Crippen LogP contribution in [0.25, 0.3) is 6.08 Å². The maximum atomic E-state index is 11.8. The Morgan fingerprint density at radius 1 is 0.931 bits per heavy atom. The number of rotatable bonds is 7. The zero-order chi connectivity index (χ0) is 20.3. The van der Waals surface area contributed by atoms with E-state index in [9.17, 15) is 4.79 Å². The molecule has 3 aromatic carbocycles. The van der Waals surface area contributed by atoms with Crippen LogP contribution < -0.4 is 0 Å². The number of carbonyl (C=O) groups excluding carboxylic acids is 1. The predicted molar refractivity (Wildman–Crippen MR) is 115 cm³/mol. The number of nitrogens with zero attached hydrogens (tertiary/aromatic N) is 2. The van der Waals surface area contributed by atoms with Crippen LogP contribution >= 0.6 is 0 Å². The molecule has 0 bridgehead atoms. The number of carbonyl (C=O) groups is 1. The van der Waals surface area contributed by atoms with Gasteiger partial charge in [-0.3, -0.25) is 4.99 Å². The molecule has 0 amide bonds. The molecular weight excluding hydrogens is 360 g/mol. The Morgan fingerprint density at radius 3 is 2.31 bits per heavy atom. The highest BCUT2D eigenvalue weighted by atomic mass is 16.5. The standard InChI is InChI=1S/C25H20N2O2/c26-18-22-6-8-23(9-7-22)19-27-24-13-10-21(11-14-24)12-15-25(28)29-17-16-20-4-2-1-3-5-20/h1-15,19H,16-17H2/b15-12+,27-19?. The van der Waals surface area contributed by atoms with E-state index in [0.717, 1.165) is 22.4 Å². The van der Waals surface area contributed by atoms with Crippen LogP contribution in [0.5, 0.6) is 0 Å². The SMILES string of the molecule is N#Cc1ccc(C=Nc2ccc(/C=C/C(=O)OCCc3ccccc3)cc2)cc1. The van der Waals surface area contributed by atoms with Gasteiger partial charge in [0.1, 0.15) is 0 Å². The van der Waals surface area contributed by atoms with Gasteiger partial charge in [-0.2, -0.15) is 5.26 Å². The maximum absolute atomic E-state index is 11.8. The average molecular weight is 380 g/mol. The molecule has 0 aromatic heterocycles. The van der Waals surface area contributed by atoms with Gasteiger partial charge in [0.25, 0.3) is 0 Å². The Labute approximate surface area is 170 Å². The van der Waals surface area contributed by atoms with E-state index in [0.29, 0.717) is 18.6 Å². The molecule has 0 N–H and O–H groups in total. The molecular formula is C25H20N2O2. The summed E-state index contributed by atoms with van der Waals surface area (Å²) in [4.78, 5) is 16.2. The quantitative estimate of drug-likeness (QED) is 0.325. The molecule has 0 radical (unpaired) electrons. The summed E-state index contributed by atoms with van der Waals surface area (Å²) in [6.45, 7) is 0.357. The zero-order valence-electron chi connectivity index (χ0n) is 15.9. The Bertz CT molecular complexity index is 1030. The van der Waals surface area contributed by atoms with Gasteiger partial charge >= 0.3 is 5.97 Å². The van der Waals surface area contributed by atoms with E-state index in [4.69, 9.17) is 10.00 Å². The molecule has 142 valence electrons. The van der Waals surface area contributed by atoms with Crippen LogP contribution in [0.15, 0.2) is 89.9 Å². The molecule has 29 heavy (non-hydrogen) atoms. The minimum atomic E-state index is -0.358. The lowest BCUT2D eigenvalue weighted by atomic mass is 10.1. The van der Waals surface area contributed by atoms with Crippen molar-refractivity contribution in [2.45, 2.75) is 6.42 Å². The molecule has 4 heteroatoms. The van der Waals surface area contributed by atoms with E-state index >= 15 is 0 Å². The first-order chi connectivity index (χ1) is 14.2. The molecule has 0 aliphatic heterocycles. The van der Waals surface area contributed by atoms with Crippen molar-refractivity contribution in [1.29, 1.82) is 5.26 Å². The number of ether oxygens (including phenoxy) is 1. The van der Waals surface area contributed by atoms with Crippen molar-refractivity contribution >= 4 is 23.9 Å². The lowest BCUT2D eigenvalue weighted by molar-refractivity contribution is -0.137. The van der Waals surface area contributed by atoms with Gasteiger partial charge in [0.15, 0.2) is 0 Å². The van der Waals surface area contributed by atoms with Crippen LogP contribution in [0.3, 0.4) is 0 Å².